The Kier molecular flexibility index (Phi) is 5.76. The van der Waals surface area contributed by atoms with Crippen molar-refractivity contribution in [2.24, 2.45) is 0 Å². The monoisotopic (exact) mass is 238 g/mol. The molecule has 0 bridgehead atoms. The first-order valence-corrected chi connectivity index (χ1v) is 6.59. The van der Waals surface area contributed by atoms with Crippen molar-refractivity contribution in [3.63, 3.8) is 0 Å². The molecule has 3 heteroatoms. The Morgan fingerprint density at radius 2 is 1.41 bits per heavy atom. The molecule has 2 rings (SSSR count). The Morgan fingerprint density at radius 1 is 0.882 bits per heavy atom. The number of hydrogen-bond acceptors (Lipinski definition) is 3. The van der Waals surface area contributed by atoms with Crippen LogP contribution in [-0.2, 0) is 14.2 Å². The lowest BCUT2D eigenvalue weighted by Crippen LogP contribution is -2.01. The molecule has 2 saturated heterocycles. The molecule has 2 heterocycles. The van der Waals surface area contributed by atoms with Crippen LogP contribution in [0.3, 0.4) is 0 Å². The molecule has 0 aromatic carbocycles. The van der Waals surface area contributed by atoms with Crippen LogP contribution in [0, 0.1) is 0 Å². The van der Waals surface area contributed by atoms with Crippen molar-refractivity contribution in [3.05, 3.63) is 24.3 Å². The molecule has 2 fully saturated rings. The minimum absolute atomic E-state index is 0.320. The van der Waals surface area contributed by atoms with E-state index in [1.54, 1.807) is 0 Å². The molecule has 0 aromatic heterocycles. The van der Waals surface area contributed by atoms with E-state index < -0.39 is 0 Å². The molecule has 0 spiro atoms. The normalized spacial score (nSPS) is 29.9. The van der Waals surface area contributed by atoms with E-state index >= 15 is 0 Å². The number of hydrogen-bond donors (Lipinski definition) is 0. The van der Waals surface area contributed by atoms with Crippen molar-refractivity contribution in [3.8, 4) is 0 Å². The maximum atomic E-state index is 5.48. The summed E-state index contributed by atoms with van der Waals surface area (Å²) >= 11 is 0. The van der Waals surface area contributed by atoms with Crippen molar-refractivity contribution in [2.45, 2.75) is 37.9 Å². The molecular formula is C14H22O3. The standard InChI is InChI=1S/C14H22O3/c1(5-13-7-3-11-16-13)9-15-10-2-6-14-8-4-12-17-14/h1-2,5-6,13-14H,3-4,7-12H2. The van der Waals surface area contributed by atoms with E-state index in [0.29, 0.717) is 25.4 Å². The first-order chi connectivity index (χ1) is 8.45. The van der Waals surface area contributed by atoms with Gasteiger partial charge < -0.3 is 14.2 Å². The third-order valence-electron chi connectivity index (χ3n) is 3.06. The Bertz CT molecular complexity index is 222. The first kappa shape index (κ1) is 12.8. The average molecular weight is 238 g/mol. The fraction of sp³-hybridized carbons (Fsp3) is 0.714. The van der Waals surface area contributed by atoms with Gasteiger partial charge in [-0.05, 0) is 25.7 Å². The summed E-state index contributed by atoms with van der Waals surface area (Å²) in [7, 11) is 0. The van der Waals surface area contributed by atoms with Crippen LogP contribution in [0.15, 0.2) is 24.3 Å². The van der Waals surface area contributed by atoms with Gasteiger partial charge in [0.05, 0.1) is 25.4 Å². The van der Waals surface area contributed by atoms with Gasteiger partial charge in [-0.2, -0.15) is 0 Å². The second kappa shape index (κ2) is 7.64. The van der Waals surface area contributed by atoms with E-state index in [2.05, 4.69) is 24.3 Å². The quantitative estimate of drug-likeness (QED) is 0.525. The fourth-order valence-electron chi connectivity index (χ4n) is 2.13. The van der Waals surface area contributed by atoms with Crippen LogP contribution in [0.2, 0.25) is 0 Å². The van der Waals surface area contributed by atoms with Crippen LogP contribution in [0.4, 0.5) is 0 Å². The third-order valence-corrected chi connectivity index (χ3v) is 3.06. The molecule has 2 unspecified atom stereocenters. The molecule has 0 aliphatic carbocycles. The fourth-order valence-corrected chi connectivity index (χ4v) is 2.13. The van der Waals surface area contributed by atoms with E-state index in [4.69, 9.17) is 14.2 Å². The molecule has 2 atom stereocenters. The van der Waals surface area contributed by atoms with Gasteiger partial charge in [-0.3, -0.25) is 0 Å². The minimum atomic E-state index is 0.320. The lowest BCUT2D eigenvalue weighted by atomic mass is 10.2. The summed E-state index contributed by atoms with van der Waals surface area (Å²) in [4.78, 5) is 0. The van der Waals surface area contributed by atoms with Crippen LogP contribution in [0.5, 0.6) is 0 Å². The first-order valence-electron chi connectivity index (χ1n) is 6.59. The Hall–Kier alpha value is -0.640. The summed E-state index contributed by atoms with van der Waals surface area (Å²) in [5.41, 5.74) is 0. The zero-order valence-corrected chi connectivity index (χ0v) is 10.3. The molecule has 2 aliphatic rings. The summed E-state index contributed by atoms with van der Waals surface area (Å²) < 4.78 is 16.4. The molecule has 17 heavy (non-hydrogen) atoms. The molecule has 0 N–H and O–H groups in total. The Balaban J connectivity index is 1.48. The van der Waals surface area contributed by atoms with Gasteiger partial charge in [-0.15, -0.1) is 0 Å². The molecule has 0 amide bonds. The zero-order valence-electron chi connectivity index (χ0n) is 10.3. The van der Waals surface area contributed by atoms with Crippen LogP contribution in [-0.4, -0.2) is 38.6 Å². The lowest BCUT2D eigenvalue weighted by molar-refractivity contribution is 0.142. The molecule has 0 aromatic rings. The topological polar surface area (TPSA) is 27.7 Å². The predicted molar refractivity (Wildman–Crippen MR) is 67.0 cm³/mol. The SMILES string of the molecule is C(=CC1CCCO1)COCC=CC1CCCO1. The van der Waals surface area contributed by atoms with Crippen LogP contribution >= 0.6 is 0 Å². The highest BCUT2D eigenvalue weighted by atomic mass is 16.5. The highest BCUT2D eigenvalue weighted by Gasteiger charge is 2.11. The van der Waals surface area contributed by atoms with Gasteiger partial charge >= 0.3 is 0 Å². The average Bonchev–Trinajstić information content (AvgIpc) is 3.00. The molecule has 3 nitrogen and oxygen atoms in total. The minimum Gasteiger partial charge on any atom is -0.374 e. The second-order valence-corrected chi connectivity index (χ2v) is 4.50. The molecule has 2 aliphatic heterocycles. The van der Waals surface area contributed by atoms with E-state index in [1.807, 2.05) is 0 Å². The summed E-state index contributed by atoms with van der Waals surface area (Å²) in [6.07, 6.45) is 13.6. The van der Waals surface area contributed by atoms with Crippen molar-refractivity contribution in [1.82, 2.24) is 0 Å². The summed E-state index contributed by atoms with van der Waals surface area (Å²) in [6, 6.07) is 0. The highest BCUT2D eigenvalue weighted by molar-refractivity contribution is 4.93. The van der Waals surface area contributed by atoms with Crippen molar-refractivity contribution >= 4 is 0 Å². The molecule has 96 valence electrons. The summed E-state index contributed by atoms with van der Waals surface area (Å²) in [6.45, 7) is 3.13. The van der Waals surface area contributed by atoms with E-state index in [9.17, 15) is 0 Å². The smallest absolute Gasteiger partial charge is 0.0757 e. The van der Waals surface area contributed by atoms with Gasteiger partial charge in [-0.25, -0.2) is 0 Å². The molecule has 0 radical (unpaired) electrons. The van der Waals surface area contributed by atoms with Gasteiger partial charge in [0.2, 0.25) is 0 Å². The number of rotatable bonds is 6. The molecule has 0 saturated carbocycles. The Morgan fingerprint density at radius 3 is 1.82 bits per heavy atom. The largest absolute Gasteiger partial charge is 0.374 e. The van der Waals surface area contributed by atoms with E-state index in [-0.39, 0.29) is 0 Å². The van der Waals surface area contributed by atoms with Gasteiger partial charge in [0.25, 0.3) is 0 Å². The maximum Gasteiger partial charge on any atom is 0.0757 e. The third kappa shape index (κ3) is 5.02. The number of ether oxygens (including phenoxy) is 3. The molecular weight excluding hydrogens is 216 g/mol. The lowest BCUT2D eigenvalue weighted by Gasteiger charge is -2.02. The zero-order chi connectivity index (χ0) is 11.8. The van der Waals surface area contributed by atoms with Crippen LogP contribution in [0.1, 0.15) is 25.7 Å². The highest BCUT2D eigenvalue weighted by Crippen LogP contribution is 2.13. The van der Waals surface area contributed by atoms with Crippen molar-refractivity contribution < 1.29 is 14.2 Å². The van der Waals surface area contributed by atoms with E-state index in [1.165, 1.54) is 12.8 Å². The second-order valence-electron chi connectivity index (χ2n) is 4.50. The predicted octanol–water partition coefficient (Wildman–Crippen LogP) is 2.47. The van der Waals surface area contributed by atoms with Crippen LogP contribution in [0.25, 0.3) is 0 Å². The van der Waals surface area contributed by atoms with Gasteiger partial charge in [0, 0.05) is 13.2 Å². The van der Waals surface area contributed by atoms with Crippen molar-refractivity contribution in [2.75, 3.05) is 26.4 Å². The summed E-state index contributed by atoms with van der Waals surface area (Å²) in [5, 5.41) is 0. The summed E-state index contributed by atoms with van der Waals surface area (Å²) in [5.74, 6) is 0. The van der Waals surface area contributed by atoms with Crippen LogP contribution < -0.4 is 0 Å². The van der Waals surface area contributed by atoms with Crippen molar-refractivity contribution in [1.29, 1.82) is 0 Å². The Labute approximate surface area is 103 Å². The maximum absolute atomic E-state index is 5.48. The van der Waals surface area contributed by atoms with Gasteiger partial charge in [-0.1, -0.05) is 24.3 Å². The van der Waals surface area contributed by atoms with Gasteiger partial charge in [0.15, 0.2) is 0 Å². The van der Waals surface area contributed by atoms with Gasteiger partial charge in [0.1, 0.15) is 0 Å². The van der Waals surface area contributed by atoms with E-state index in [0.717, 1.165) is 26.1 Å².